The molecule has 10 atom stereocenters. The first-order valence-corrected chi connectivity index (χ1v) is 24.2. The summed E-state index contributed by atoms with van der Waals surface area (Å²) in [5.41, 5.74) is 0. The summed E-state index contributed by atoms with van der Waals surface area (Å²) in [5.74, 6) is -4.41. The highest BCUT2D eigenvalue weighted by molar-refractivity contribution is 5.92. The molecule has 3 rings (SSSR count). The van der Waals surface area contributed by atoms with E-state index in [1.54, 1.807) is 14.0 Å². The van der Waals surface area contributed by atoms with Gasteiger partial charge in [0.25, 0.3) is 0 Å². The predicted octanol–water partition coefficient (Wildman–Crippen LogP) is -6.24. The lowest BCUT2D eigenvalue weighted by molar-refractivity contribution is -0.376. The molecule has 0 bridgehead atoms. The van der Waals surface area contributed by atoms with Crippen LogP contribution in [0.25, 0.3) is 0 Å². The normalized spacial score (nSPS) is 26.7. The Morgan fingerprint density at radius 3 is 1.84 bits per heavy atom. The monoisotopic (exact) mass is 1050 g/mol. The van der Waals surface area contributed by atoms with Gasteiger partial charge < -0.3 is 105 Å². The molecule has 0 radical (unpaired) electrons. The number of hydrogen-bond donors (Lipinski definition) is 11. The summed E-state index contributed by atoms with van der Waals surface area (Å²) in [6.45, 7) is 1.06. The number of methoxy groups -OCH3 is 1. The SMILES string of the molecule is CCN(CC(=O)NCCOCCOC1OC(CO)C(O)C(O)C1NC(C)=O)C(=O)C(CCC(=O)N(CC=O)CC(=O)NCCOCCOC1OC(CO)N(O)C(O)C1NC(C)=O)NC(=O)C1CCC(OC)CC1. The molecule has 0 aromatic rings. The first kappa shape index (κ1) is 62.7. The van der Waals surface area contributed by atoms with Crippen LogP contribution in [0.2, 0.25) is 0 Å². The number of aldehydes is 1. The maximum absolute atomic E-state index is 14.0. The molecule has 7 amide bonds. The highest BCUT2D eigenvalue weighted by Crippen LogP contribution is 2.27. The van der Waals surface area contributed by atoms with Gasteiger partial charge >= 0.3 is 0 Å². The number of carbonyl (C=O) groups is 8. The van der Waals surface area contributed by atoms with Gasteiger partial charge in [-0.15, -0.1) is 5.06 Å². The molecule has 3 aliphatic rings. The molecule has 2 aliphatic heterocycles. The van der Waals surface area contributed by atoms with Gasteiger partial charge in [0.2, 0.25) is 41.4 Å². The summed E-state index contributed by atoms with van der Waals surface area (Å²) in [6, 6.07) is -3.60. The van der Waals surface area contributed by atoms with Crippen molar-refractivity contribution in [1.29, 1.82) is 0 Å². The van der Waals surface area contributed by atoms with E-state index in [1.165, 1.54) is 18.7 Å². The summed E-state index contributed by atoms with van der Waals surface area (Å²) >= 11 is 0. The zero-order valence-electron chi connectivity index (χ0n) is 41.8. The molecule has 29 heteroatoms. The minimum absolute atomic E-state index is 0.00561. The second-order valence-electron chi connectivity index (χ2n) is 17.4. The Morgan fingerprint density at radius 2 is 1.32 bits per heavy atom. The van der Waals surface area contributed by atoms with Crippen LogP contribution >= 0.6 is 0 Å². The summed E-state index contributed by atoms with van der Waals surface area (Å²) in [7, 11) is 1.59. The van der Waals surface area contributed by atoms with Crippen molar-refractivity contribution < 1.29 is 102 Å². The van der Waals surface area contributed by atoms with E-state index in [1.807, 2.05) is 0 Å². The number of nitrogens with one attached hydrogen (secondary N) is 5. The molecule has 418 valence electrons. The second-order valence-corrected chi connectivity index (χ2v) is 17.4. The standard InChI is InChI=1S/C44H76N8O21/c1-5-50(22-32(58)45-12-16-68-18-20-70-43-36(47-26(2)56)39(62)38(61)31(24-54)72-43)41(64)30(49-40(63)28-6-8-29(67-4)9-7-28)10-11-34(60)51(14-15-53)23-33(59)46-13-17-69-19-21-71-44-37(48-27(3)57)42(65)52(66)35(25-55)73-44/h15,28-31,35-39,42-44,54-55,61-62,65-66H,5-14,16-25H2,1-4H3,(H,45,58)(H,46,59)(H,47,56)(H,48,57)(H,49,63). The van der Waals surface area contributed by atoms with Crippen molar-refractivity contribution in [2.75, 3.05) is 99.2 Å². The Labute approximate surface area is 422 Å². The zero-order valence-corrected chi connectivity index (χ0v) is 41.8. The third-order valence-corrected chi connectivity index (χ3v) is 12.1. The molecule has 0 aromatic carbocycles. The molecular weight excluding hydrogens is 977 g/mol. The maximum Gasteiger partial charge on any atom is 0.245 e. The molecular formula is C44H76N8O21. The van der Waals surface area contributed by atoms with E-state index >= 15 is 0 Å². The Hall–Kier alpha value is -4.60. The smallest absolute Gasteiger partial charge is 0.245 e. The first-order chi connectivity index (χ1) is 34.9. The number of likely N-dealkylation sites (N-methyl/N-ethyl adjacent to an activating group) is 1. The number of ether oxygens (including phenoxy) is 7. The van der Waals surface area contributed by atoms with Gasteiger partial charge in [-0.2, -0.15) is 0 Å². The Kier molecular flexibility index (Phi) is 28.6. The number of carbonyl (C=O) groups excluding carboxylic acids is 8. The number of nitrogens with zero attached hydrogens (tertiary/aromatic N) is 3. The fourth-order valence-electron chi connectivity index (χ4n) is 8.12. The molecule has 0 aromatic heterocycles. The van der Waals surface area contributed by atoms with Crippen LogP contribution in [0.3, 0.4) is 0 Å². The van der Waals surface area contributed by atoms with Gasteiger partial charge in [-0.05, 0) is 39.0 Å². The van der Waals surface area contributed by atoms with E-state index in [-0.39, 0.29) is 78.2 Å². The van der Waals surface area contributed by atoms with Gasteiger partial charge in [0.1, 0.15) is 42.7 Å². The highest BCUT2D eigenvalue weighted by atomic mass is 16.7. The zero-order chi connectivity index (χ0) is 54.0. The van der Waals surface area contributed by atoms with Crippen molar-refractivity contribution in [1.82, 2.24) is 41.4 Å². The largest absolute Gasteiger partial charge is 0.394 e. The topological polar surface area (TPSA) is 392 Å². The summed E-state index contributed by atoms with van der Waals surface area (Å²) < 4.78 is 38.5. The van der Waals surface area contributed by atoms with Gasteiger partial charge in [0, 0.05) is 52.9 Å². The molecule has 10 unspecified atom stereocenters. The average molecular weight is 1050 g/mol. The van der Waals surface area contributed by atoms with Crippen LogP contribution in [0.5, 0.6) is 0 Å². The molecule has 1 aliphatic carbocycles. The Balaban J connectivity index is 1.49. The van der Waals surface area contributed by atoms with Crippen LogP contribution in [-0.4, -0.2) is 260 Å². The third-order valence-electron chi connectivity index (χ3n) is 12.1. The molecule has 11 N–H and O–H groups in total. The van der Waals surface area contributed by atoms with Crippen molar-refractivity contribution in [3.05, 3.63) is 0 Å². The number of aliphatic hydroxyl groups excluding tert-OH is 5. The highest BCUT2D eigenvalue weighted by Gasteiger charge is 2.46. The van der Waals surface area contributed by atoms with Crippen molar-refractivity contribution in [2.45, 2.75) is 127 Å². The fourth-order valence-corrected chi connectivity index (χ4v) is 8.12. The van der Waals surface area contributed by atoms with E-state index < -0.39 is 142 Å². The lowest BCUT2D eigenvalue weighted by Crippen LogP contribution is -2.66. The maximum atomic E-state index is 14.0. The first-order valence-electron chi connectivity index (χ1n) is 24.2. The number of hydroxylamine groups is 2. The van der Waals surface area contributed by atoms with Crippen LogP contribution in [0.15, 0.2) is 0 Å². The Bertz CT molecular complexity index is 1750. The number of amides is 7. The fraction of sp³-hybridized carbons (Fsp3) is 0.818. The van der Waals surface area contributed by atoms with Crippen LogP contribution < -0.4 is 26.6 Å². The number of hydrogen-bond acceptors (Lipinski definition) is 22. The lowest BCUT2D eigenvalue weighted by Gasteiger charge is -2.43. The molecule has 2 heterocycles. The van der Waals surface area contributed by atoms with Gasteiger partial charge in [0.05, 0.1) is 78.6 Å². The molecule has 2 saturated heterocycles. The molecule has 0 spiro atoms. The van der Waals surface area contributed by atoms with Crippen molar-refractivity contribution >= 4 is 47.6 Å². The van der Waals surface area contributed by atoms with Gasteiger partial charge in [-0.3, -0.25) is 33.6 Å². The second kappa shape index (κ2) is 33.3. The van der Waals surface area contributed by atoms with E-state index in [4.69, 9.17) is 33.2 Å². The minimum Gasteiger partial charge on any atom is -0.394 e. The van der Waals surface area contributed by atoms with Gasteiger partial charge in [-0.25, -0.2) is 0 Å². The van der Waals surface area contributed by atoms with E-state index in [9.17, 15) is 69.1 Å². The molecule has 73 heavy (non-hydrogen) atoms. The Morgan fingerprint density at radius 1 is 0.753 bits per heavy atom. The van der Waals surface area contributed by atoms with Crippen molar-refractivity contribution in [2.24, 2.45) is 5.92 Å². The van der Waals surface area contributed by atoms with E-state index in [0.29, 0.717) is 37.0 Å². The third kappa shape index (κ3) is 20.9. The van der Waals surface area contributed by atoms with E-state index in [2.05, 4.69) is 26.6 Å². The van der Waals surface area contributed by atoms with E-state index in [0.717, 1.165) is 4.90 Å². The van der Waals surface area contributed by atoms with Crippen molar-refractivity contribution in [3.8, 4) is 0 Å². The quantitative estimate of drug-likeness (QED) is 0.0221. The summed E-state index contributed by atoms with van der Waals surface area (Å²) in [4.78, 5) is 104. The average Bonchev–Trinajstić information content (AvgIpc) is 3.36. The molecule has 1 saturated carbocycles. The predicted molar refractivity (Wildman–Crippen MR) is 247 cm³/mol. The van der Waals surface area contributed by atoms with Crippen LogP contribution in [0.1, 0.15) is 59.3 Å². The minimum atomic E-state index is -1.65. The van der Waals surface area contributed by atoms with Crippen LogP contribution in [0.4, 0.5) is 0 Å². The number of aliphatic hydroxyl groups is 5. The lowest BCUT2D eigenvalue weighted by atomic mass is 9.86. The van der Waals surface area contributed by atoms with Gasteiger partial charge in [0.15, 0.2) is 25.0 Å². The summed E-state index contributed by atoms with van der Waals surface area (Å²) in [6.07, 6.45) is -7.50. The summed E-state index contributed by atoms with van der Waals surface area (Å²) in [5, 5.41) is 73.1. The number of rotatable bonds is 32. The molecule has 3 fully saturated rings. The van der Waals surface area contributed by atoms with Crippen molar-refractivity contribution in [3.63, 3.8) is 0 Å². The van der Waals surface area contributed by atoms with Gasteiger partial charge in [-0.1, -0.05) is 0 Å². The molecule has 29 nitrogen and oxygen atoms in total. The van der Waals surface area contributed by atoms with Crippen LogP contribution in [-0.2, 0) is 71.5 Å². The van der Waals surface area contributed by atoms with Crippen LogP contribution in [0, 0.1) is 5.92 Å².